The van der Waals surface area contributed by atoms with Gasteiger partial charge in [0.05, 0.1) is 19.3 Å². The van der Waals surface area contributed by atoms with E-state index in [9.17, 15) is 14.7 Å². The highest BCUT2D eigenvalue weighted by molar-refractivity contribution is 5.92. The molecule has 0 spiro atoms. The third kappa shape index (κ3) is 3.28. The number of carbonyl (C=O) groups excluding carboxylic acids is 1. The highest BCUT2D eigenvalue weighted by Gasteiger charge is 2.36. The van der Waals surface area contributed by atoms with Crippen molar-refractivity contribution in [1.29, 1.82) is 0 Å². The number of aliphatic hydroxyl groups is 1. The van der Waals surface area contributed by atoms with E-state index in [4.69, 9.17) is 4.74 Å². The molecule has 1 atom stereocenters. The van der Waals surface area contributed by atoms with Gasteiger partial charge in [-0.25, -0.2) is 9.97 Å². The van der Waals surface area contributed by atoms with Crippen molar-refractivity contribution in [3.05, 3.63) is 52.3 Å². The van der Waals surface area contributed by atoms with Gasteiger partial charge >= 0.3 is 0 Å². The maximum atomic E-state index is 12.4. The number of aromatic amines is 1. The molecule has 1 aliphatic carbocycles. The number of hydrogen-bond acceptors (Lipinski definition) is 6. The molecule has 1 amide bonds. The molecule has 3 N–H and O–H groups in total. The van der Waals surface area contributed by atoms with Gasteiger partial charge in [-0.15, -0.1) is 0 Å². The van der Waals surface area contributed by atoms with Crippen LogP contribution in [0, 0.1) is 5.92 Å². The van der Waals surface area contributed by atoms with Crippen LogP contribution >= 0.6 is 0 Å². The number of aliphatic hydroxyl groups excluding tert-OH is 1. The summed E-state index contributed by atoms with van der Waals surface area (Å²) in [6.45, 7) is 0. The van der Waals surface area contributed by atoms with E-state index in [2.05, 4.69) is 20.3 Å². The molecule has 0 bridgehead atoms. The van der Waals surface area contributed by atoms with Crippen LogP contribution in [0.5, 0.6) is 5.88 Å². The Bertz CT molecular complexity index is 768. The molecule has 0 saturated heterocycles. The lowest BCUT2D eigenvalue weighted by Crippen LogP contribution is -2.42. The lowest BCUT2D eigenvalue weighted by Gasteiger charge is -2.38. The summed E-state index contributed by atoms with van der Waals surface area (Å²) in [5.74, 6) is -0.0142. The quantitative estimate of drug-likeness (QED) is 0.731. The molecule has 126 valence electrons. The number of rotatable bonds is 5. The molecule has 1 fully saturated rings. The Labute approximate surface area is 137 Å². The van der Waals surface area contributed by atoms with Crippen LogP contribution in [0.25, 0.3) is 0 Å². The van der Waals surface area contributed by atoms with Crippen molar-refractivity contribution in [2.75, 3.05) is 7.11 Å². The monoisotopic (exact) mass is 330 g/mol. The predicted molar refractivity (Wildman–Crippen MR) is 84.6 cm³/mol. The third-order valence-electron chi connectivity index (χ3n) is 4.16. The Morgan fingerprint density at radius 1 is 1.42 bits per heavy atom. The second kappa shape index (κ2) is 6.79. The van der Waals surface area contributed by atoms with Gasteiger partial charge in [-0.05, 0) is 24.3 Å². The van der Waals surface area contributed by atoms with Crippen LogP contribution in [0.3, 0.4) is 0 Å². The summed E-state index contributed by atoms with van der Waals surface area (Å²) in [6.07, 6.45) is 5.14. The van der Waals surface area contributed by atoms with Crippen molar-refractivity contribution in [2.24, 2.45) is 5.92 Å². The second-order valence-electron chi connectivity index (χ2n) is 5.74. The van der Waals surface area contributed by atoms with Crippen molar-refractivity contribution in [1.82, 2.24) is 20.3 Å². The number of aromatic nitrogens is 3. The first-order valence-corrected chi connectivity index (χ1v) is 7.61. The molecule has 2 aromatic heterocycles. The standard InChI is InChI=1S/C16H18N4O4/c1-24-12-3-2-9(8-19-12)13(10-6-11(21)7-10)20-16(23)14-15(22)18-5-4-17-14/h2-5,8,10-11,13,21H,6-7H2,1H3,(H,18,22)(H,20,23). The van der Waals surface area contributed by atoms with Gasteiger partial charge in [0.15, 0.2) is 5.69 Å². The van der Waals surface area contributed by atoms with E-state index in [0.29, 0.717) is 18.7 Å². The van der Waals surface area contributed by atoms with E-state index in [0.717, 1.165) is 5.56 Å². The average Bonchev–Trinajstić information content (AvgIpc) is 2.57. The Morgan fingerprint density at radius 2 is 2.21 bits per heavy atom. The molecular formula is C16H18N4O4. The van der Waals surface area contributed by atoms with Gasteiger partial charge in [-0.1, -0.05) is 6.07 Å². The number of nitrogens with zero attached hydrogens (tertiary/aromatic N) is 2. The third-order valence-corrected chi connectivity index (χ3v) is 4.16. The molecule has 1 aliphatic rings. The SMILES string of the molecule is COc1ccc(C(NC(=O)c2ncc[nH]c2=O)C2CC(O)C2)cn1. The van der Waals surface area contributed by atoms with E-state index >= 15 is 0 Å². The molecule has 2 aromatic rings. The van der Waals surface area contributed by atoms with E-state index in [1.165, 1.54) is 19.5 Å². The Morgan fingerprint density at radius 3 is 2.79 bits per heavy atom. The van der Waals surface area contributed by atoms with E-state index in [1.807, 2.05) is 6.07 Å². The first-order chi connectivity index (χ1) is 11.6. The molecule has 8 heteroatoms. The van der Waals surface area contributed by atoms with E-state index < -0.39 is 11.5 Å². The Hall–Kier alpha value is -2.74. The summed E-state index contributed by atoms with van der Waals surface area (Å²) in [5.41, 5.74) is 0.0486. The normalized spacial score (nSPS) is 20.8. The van der Waals surface area contributed by atoms with Gasteiger partial charge < -0.3 is 20.1 Å². The summed E-state index contributed by atoms with van der Waals surface area (Å²) < 4.78 is 5.04. The van der Waals surface area contributed by atoms with Crippen LogP contribution in [-0.2, 0) is 0 Å². The maximum Gasteiger partial charge on any atom is 0.279 e. The fraction of sp³-hybridized carbons (Fsp3) is 0.375. The van der Waals surface area contributed by atoms with Crippen molar-refractivity contribution in [3.8, 4) is 5.88 Å². The zero-order valence-corrected chi connectivity index (χ0v) is 13.1. The van der Waals surface area contributed by atoms with Crippen LogP contribution < -0.4 is 15.6 Å². The molecule has 24 heavy (non-hydrogen) atoms. The Balaban J connectivity index is 1.83. The Kier molecular flexibility index (Phi) is 4.57. The van der Waals surface area contributed by atoms with Crippen LogP contribution in [0.1, 0.15) is 34.9 Å². The van der Waals surface area contributed by atoms with Gasteiger partial charge in [0.1, 0.15) is 0 Å². The van der Waals surface area contributed by atoms with Crippen molar-refractivity contribution in [3.63, 3.8) is 0 Å². The minimum absolute atomic E-state index is 0.0712. The average molecular weight is 330 g/mol. The largest absolute Gasteiger partial charge is 0.481 e. The summed E-state index contributed by atoms with van der Waals surface area (Å²) >= 11 is 0. The van der Waals surface area contributed by atoms with Crippen molar-refractivity contribution < 1.29 is 14.6 Å². The van der Waals surface area contributed by atoms with Gasteiger partial charge in [0.25, 0.3) is 11.5 Å². The van der Waals surface area contributed by atoms with Gasteiger partial charge in [0.2, 0.25) is 5.88 Å². The minimum atomic E-state index is -0.556. The first-order valence-electron chi connectivity index (χ1n) is 7.61. The molecule has 1 unspecified atom stereocenters. The maximum absolute atomic E-state index is 12.4. The highest BCUT2D eigenvalue weighted by Crippen LogP contribution is 2.38. The van der Waals surface area contributed by atoms with E-state index in [-0.39, 0.29) is 23.8 Å². The number of methoxy groups -OCH3 is 1. The number of H-pyrrole nitrogens is 1. The molecule has 3 rings (SSSR count). The summed E-state index contributed by atoms with van der Waals surface area (Å²) in [6, 6.07) is 3.15. The van der Waals surface area contributed by atoms with Crippen LogP contribution in [-0.4, -0.2) is 39.2 Å². The second-order valence-corrected chi connectivity index (χ2v) is 5.74. The molecule has 0 radical (unpaired) electrons. The number of hydrogen-bond donors (Lipinski definition) is 3. The summed E-state index contributed by atoms with van der Waals surface area (Å²) in [5, 5.41) is 12.4. The molecule has 2 heterocycles. The molecule has 1 saturated carbocycles. The first kappa shape index (κ1) is 16.1. The predicted octanol–water partition coefficient (Wildman–Crippen LogP) is 0.415. The van der Waals surface area contributed by atoms with Gasteiger partial charge in [-0.2, -0.15) is 0 Å². The number of carbonyl (C=O) groups is 1. The van der Waals surface area contributed by atoms with E-state index in [1.54, 1.807) is 12.3 Å². The lowest BCUT2D eigenvalue weighted by molar-refractivity contribution is 0.0234. The van der Waals surface area contributed by atoms with Crippen molar-refractivity contribution in [2.45, 2.75) is 25.0 Å². The number of ether oxygens (including phenoxy) is 1. The number of pyridine rings is 1. The highest BCUT2D eigenvalue weighted by atomic mass is 16.5. The summed E-state index contributed by atoms with van der Waals surface area (Å²) in [4.78, 5) is 34.5. The minimum Gasteiger partial charge on any atom is -0.481 e. The van der Waals surface area contributed by atoms with Crippen molar-refractivity contribution >= 4 is 5.91 Å². The zero-order chi connectivity index (χ0) is 17.1. The lowest BCUT2D eigenvalue weighted by atomic mass is 9.75. The van der Waals surface area contributed by atoms with Gasteiger partial charge in [0, 0.05) is 24.7 Å². The molecular weight excluding hydrogens is 312 g/mol. The van der Waals surface area contributed by atoms with Crippen LogP contribution in [0.2, 0.25) is 0 Å². The fourth-order valence-corrected chi connectivity index (χ4v) is 2.79. The van der Waals surface area contributed by atoms with Crippen LogP contribution in [0.4, 0.5) is 0 Å². The topological polar surface area (TPSA) is 117 Å². The number of amides is 1. The smallest absolute Gasteiger partial charge is 0.279 e. The fourth-order valence-electron chi connectivity index (χ4n) is 2.79. The van der Waals surface area contributed by atoms with Gasteiger partial charge in [-0.3, -0.25) is 9.59 Å². The zero-order valence-electron chi connectivity index (χ0n) is 13.1. The molecule has 0 aliphatic heterocycles. The summed E-state index contributed by atoms with van der Waals surface area (Å²) in [7, 11) is 1.52. The van der Waals surface area contributed by atoms with Crippen LogP contribution in [0.15, 0.2) is 35.5 Å². The molecule has 0 aromatic carbocycles. The number of nitrogens with one attached hydrogen (secondary N) is 2. The molecule has 8 nitrogen and oxygen atoms in total.